The number of esters is 1. The van der Waals surface area contributed by atoms with Gasteiger partial charge in [-0.25, -0.2) is 4.79 Å². The van der Waals surface area contributed by atoms with Gasteiger partial charge in [0.15, 0.2) is 5.78 Å². The lowest BCUT2D eigenvalue weighted by Crippen LogP contribution is -2.26. The minimum absolute atomic E-state index is 0.0756. The summed E-state index contributed by atoms with van der Waals surface area (Å²) in [5, 5.41) is 0. The van der Waals surface area contributed by atoms with Crippen LogP contribution < -0.4 is 0 Å². The van der Waals surface area contributed by atoms with E-state index in [1.165, 1.54) is 29.3 Å². The van der Waals surface area contributed by atoms with Crippen LogP contribution in [0.25, 0.3) is 6.08 Å². The molecule has 0 N–H and O–H groups in total. The van der Waals surface area contributed by atoms with E-state index in [-0.39, 0.29) is 29.4 Å². The Bertz CT molecular complexity index is 982. The van der Waals surface area contributed by atoms with Crippen LogP contribution in [0.15, 0.2) is 54.1 Å². The number of Topliss-reactive ketones (excluding diaryl/α,β-unsaturated/α-hetero) is 1. The maximum absolute atomic E-state index is 13.2. The van der Waals surface area contributed by atoms with Gasteiger partial charge in [-0.3, -0.25) is 4.79 Å². The van der Waals surface area contributed by atoms with Gasteiger partial charge in [-0.1, -0.05) is 42.0 Å². The summed E-state index contributed by atoms with van der Waals surface area (Å²) in [6.07, 6.45) is -0.403. The first kappa shape index (κ1) is 23.8. The molecule has 0 heterocycles. The minimum Gasteiger partial charge on any atom is -0.462 e. The number of hydrogen-bond acceptors (Lipinski definition) is 3. The summed E-state index contributed by atoms with van der Waals surface area (Å²) in [6.45, 7) is 3.73. The molecule has 0 radical (unpaired) electrons. The fourth-order valence-electron chi connectivity index (χ4n) is 4.16. The van der Waals surface area contributed by atoms with Gasteiger partial charge in [-0.2, -0.15) is 13.2 Å². The monoisotopic (exact) mass is 444 g/mol. The number of halogens is 3. The van der Waals surface area contributed by atoms with E-state index >= 15 is 0 Å². The van der Waals surface area contributed by atoms with E-state index in [1.807, 2.05) is 6.92 Å². The molecule has 0 aliphatic heterocycles. The van der Waals surface area contributed by atoms with Crippen LogP contribution in [-0.4, -0.2) is 18.4 Å². The molecule has 32 heavy (non-hydrogen) atoms. The third-order valence-electron chi connectivity index (χ3n) is 5.93. The fraction of sp³-hybridized carbons (Fsp3) is 0.385. The molecule has 170 valence electrons. The highest BCUT2D eigenvalue weighted by atomic mass is 19.4. The Labute approximate surface area is 186 Å². The lowest BCUT2D eigenvalue weighted by Gasteiger charge is -2.28. The van der Waals surface area contributed by atoms with E-state index in [4.69, 9.17) is 4.74 Å². The first-order chi connectivity index (χ1) is 15.2. The number of carbonyl (C=O) groups excluding carboxylic acids is 2. The molecule has 2 aromatic rings. The summed E-state index contributed by atoms with van der Waals surface area (Å²) >= 11 is 0. The Kier molecular flexibility index (Phi) is 7.54. The van der Waals surface area contributed by atoms with Gasteiger partial charge in [0.1, 0.15) is 5.57 Å². The average Bonchev–Trinajstić information content (AvgIpc) is 2.77. The van der Waals surface area contributed by atoms with Crippen LogP contribution in [0.2, 0.25) is 0 Å². The molecule has 0 aromatic heterocycles. The van der Waals surface area contributed by atoms with Crippen molar-refractivity contribution in [1.29, 1.82) is 0 Å². The second kappa shape index (κ2) is 10.2. The molecule has 0 spiro atoms. The average molecular weight is 444 g/mol. The SMILES string of the molecule is CCOC(=O)/C(=C\c1cccc(C(F)(F)F)c1)C(=O)C1CCC(c2ccc(C)cc2)CC1. The van der Waals surface area contributed by atoms with Crippen molar-refractivity contribution in [1.82, 2.24) is 0 Å². The molecule has 1 fully saturated rings. The molecular formula is C26H27F3O3. The zero-order valence-corrected chi connectivity index (χ0v) is 18.2. The quantitative estimate of drug-likeness (QED) is 0.221. The molecule has 0 saturated heterocycles. The Morgan fingerprint density at radius 2 is 1.69 bits per heavy atom. The molecule has 0 bridgehead atoms. The van der Waals surface area contributed by atoms with Crippen LogP contribution in [0.4, 0.5) is 13.2 Å². The number of carbonyl (C=O) groups is 2. The lowest BCUT2D eigenvalue weighted by atomic mass is 9.76. The van der Waals surface area contributed by atoms with Gasteiger partial charge in [0.2, 0.25) is 0 Å². The van der Waals surface area contributed by atoms with Crippen molar-refractivity contribution in [2.24, 2.45) is 5.92 Å². The molecule has 0 amide bonds. The number of aryl methyl sites for hydroxylation is 1. The normalized spacial score (nSPS) is 19.5. The molecule has 1 saturated carbocycles. The predicted octanol–water partition coefficient (Wildman–Crippen LogP) is 6.50. The molecule has 2 aromatic carbocycles. The highest BCUT2D eigenvalue weighted by Crippen LogP contribution is 2.37. The topological polar surface area (TPSA) is 43.4 Å². The van der Waals surface area contributed by atoms with Crippen LogP contribution in [-0.2, 0) is 20.5 Å². The van der Waals surface area contributed by atoms with Gasteiger partial charge in [0.25, 0.3) is 0 Å². The van der Waals surface area contributed by atoms with Crippen molar-refractivity contribution >= 4 is 17.8 Å². The van der Waals surface area contributed by atoms with E-state index in [2.05, 4.69) is 24.3 Å². The van der Waals surface area contributed by atoms with Gasteiger partial charge < -0.3 is 4.74 Å². The summed E-state index contributed by atoms with van der Waals surface area (Å²) in [5.41, 5.74) is 1.55. The van der Waals surface area contributed by atoms with E-state index in [1.54, 1.807) is 6.92 Å². The van der Waals surface area contributed by atoms with E-state index in [9.17, 15) is 22.8 Å². The number of ether oxygens (including phenoxy) is 1. The molecule has 1 aliphatic carbocycles. The standard InChI is InChI=1S/C26H27F3O3/c1-3-32-25(31)23(16-18-5-4-6-22(15-18)26(27,28)29)24(30)21-13-11-20(12-14-21)19-9-7-17(2)8-10-19/h4-10,15-16,20-21H,3,11-14H2,1-2H3/b23-16-. The van der Waals surface area contributed by atoms with Crippen LogP contribution >= 0.6 is 0 Å². The van der Waals surface area contributed by atoms with E-state index < -0.39 is 17.7 Å². The van der Waals surface area contributed by atoms with Crippen LogP contribution in [0.5, 0.6) is 0 Å². The number of hydrogen-bond donors (Lipinski definition) is 0. The number of alkyl halides is 3. The molecule has 0 atom stereocenters. The smallest absolute Gasteiger partial charge is 0.416 e. The Morgan fingerprint density at radius 1 is 1.03 bits per heavy atom. The first-order valence-electron chi connectivity index (χ1n) is 10.9. The maximum Gasteiger partial charge on any atom is 0.416 e. The number of ketones is 1. The molecule has 6 heteroatoms. The van der Waals surface area contributed by atoms with Crippen molar-refractivity contribution in [2.75, 3.05) is 6.61 Å². The second-order valence-corrected chi connectivity index (χ2v) is 8.23. The van der Waals surface area contributed by atoms with Gasteiger partial charge in [0.05, 0.1) is 12.2 Å². The van der Waals surface area contributed by atoms with Crippen molar-refractivity contribution in [3.05, 3.63) is 76.4 Å². The fourth-order valence-corrected chi connectivity index (χ4v) is 4.16. The molecule has 3 nitrogen and oxygen atoms in total. The Balaban J connectivity index is 1.79. The second-order valence-electron chi connectivity index (χ2n) is 8.23. The summed E-state index contributed by atoms with van der Waals surface area (Å²) in [7, 11) is 0. The van der Waals surface area contributed by atoms with Crippen LogP contribution in [0, 0.1) is 12.8 Å². The number of rotatable bonds is 6. The zero-order chi connectivity index (χ0) is 23.3. The molecular weight excluding hydrogens is 417 g/mol. The highest BCUT2D eigenvalue weighted by Gasteiger charge is 2.33. The zero-order valence-electron chi connectivity index (χ0n) is 18.2. The van der Waals surface area contributed by atoms with Gasteiger partial charge in [-0.05, 0) is 74.8 Å². The summed E-state index contributed by atoms with van der Waals surface area (Å²) in [4.78, 5) is 25.7. The summed E-state index contributed by atoms with van der Waals surface area (Å²) < 4.78 is 44.2. The van der Waals surface area contributed by atoms with Crippen molar-refractivity contribution in [3.63, 3.8) is 0 Å². The third kappa shape index (κ3) is 5.87. The number of benzene rings is 2. The predicted molar refractivity (Wildman–Crippen MR) is 117 cm³/mol. The van der Waals surface area contributed by atoms with Crippen molar-refractivity contribution in [3.8, 4) is 0 Å². The van der Waals surface area contributed by atoms with E-state index in [0.717, 1.165) is 25.0 Å². The van der Waals surface area contributed by atoms with Gasteiger partial charge in [0, 0.05) is 5.92 Å². The van der Waals surface area contributed by atoms with E-state index in [0.29, 0.717) is 18.8 Å². The highest BCUT2D eigenvalue weighted by molar-refractivity contribution is 6.21. The summed E-state index contributed by atoms with van der Waals surface area (Å²) in [6, 6.07) is 13.0. The molecule has 1 aliphatic rings. The largest absolute Gasteiger partial charge is 0.462 e. The summed E-state index contributed by atoms with van der Waals surface area (Å²) in [5.74, 6) is -1.14. The third-order valence-corrected chi connectivity index (χ3v) is 5.93. The Hall–Kier alpha value is -2.89. The van der Waals surface area contributed by atoms with Crippen LogP contribution in [0.1, 0.15) is 60.8 Å². The van der Waals surface area contributed by atoms with Crippen molar-refractivity contribution in [2.45, 2.75) is 51.6 Å². The first-order valence-corrected chi connectivity index (χ1v) is 10.9. The molecule has 0 unspecified atom stereocenters. The van der Waals surface area contributed by atoms with Crippen molar-refractivity contribution < 1.29 is 27.5 Å². The van der Waals surface area contributed by atoms with Crippen LogP contribution in [0.3, 0.4) is 0 Å². The Morgan fingerprint density at radius 3 is 2.28 bits per heavy atom. The molecule has 3 rings (SSSR count). The lowest BCUT2D eigenvalue weighted by molar-refractivity contribution is -0.140. The van der Waals surface area contributed by atoms with Gasteiger partial charge in [-0.15, -0.1) is 0 Å². The minimum atomic E-state index is -4.51. The van der Waals surface area contributed by atoms with Gasteiger partial charge >= 0.3 is 12.1 Å². The maximum atomic E-state index is 13.2.